The fraction of sp³-hybridized carbons (Fsp3) is 0.375. The number of hydrogen-bond acceptors (Lipinski definition) is 5. The van der Waals surface area contributed by atoms with E-state index < -0.39 is 15.3 Å². The van der Waals surface area contributed by atoms with Gasteiger partial charge in [0.25, 0.3) is 0 Å². The van der Waals surface area contributed by atoms with Crippen LogP contribution in [0.1, 0.15) is 24.7 Å². The summed E-state index contributed by atoms with van der Waals surface area (Å²) in [5.41, 5.74) is 2.57. The van der Waals surface area contributed by atoms with Gasteiger partial charge in [0, 0.05) is 43.5 Å². The summed E-state index contributed by atoms with van der Waals surface area (Å²) in [6, 6.07) is 13.1. The highest BCUT2D eigenvalue weighted by atomic mass is 35.5. The maximum Gasteiger partial charge on any atom is 0.241 e. The fourth-order valence-electron chi connectivity index (χ4n) is 5.04. The van der Waals surface area contributed by atoms with Gasteiger partial charge in [-0.25, -0.2) is 13.4 Å². The van der Waals surface area contributed by atoms with Crippen LogP contribution in [0.3, 0.4) is 0 Å². The summed E-state index contributed by atoms with van der Waals surface area (Å²) in [5.74, 6) is 0.640. The van der Waals surface area contributed by atoms with E-state index in [2.05, 4.69) is 0 Å². The molecule has 0 radical (unpaired) electrons. The molecule has 2 aliphatic heterocycles. The van der Waals surface area contributed by atoms with Crippen LogP contribution in [-0.4, -0.2) is 59.8 Å². The van der Waals surface area contributed by atoms with E-state index >= 15 is 0 Å². The highest BCUT2D eigenvalue weighted by Gasteiger charge is 2.58. The molecular weight excluding hydrogens is 476 g/mol. The van der Waals surface area contributed by atoms with Gasteiger partial charge in [0.1, 0.15) is 21.1 Å². The van der Waals surface area contributed by atoms with Crippen LogP contribution >= 0.6 is 11.6 Å². The first-order valence-corrected chi connectivity index (χ1v) is 13.5. The van der Waals surface area contributed by atoms with Gasteiger partial charge in [-0.1, -0.05) is 29.8 Å². The van der Waals surface area contributed by atoms with Gasteiger partial charge >= 0.3 is 0 Å². The predicted molar refractivity (Wildman–Crippen MR) is 131 cm³/mol. The maximum atomic E-state index is 13.7. The standard InChI is InChI=1S/C24H25ClN4O4S/c1-16(30)27-14-24(15-27)18-6-3-4-7-20(18)29(23(24)31)13-22-26-19-12-17(25)8-9-21(19)28(22)10-5-11-34(2,32)33/h3-4,6-9,12H,5,10-11,13-15H2,1-2H3. The lowest BCUT2D eigenvalue weighted by Gasteiger charge is -2.46. The molecule has 2 aromatic carbocycles. The molecule has 0 bridgehead atoms. The maximum absolute atomic E-state index is 13.7. The summed E-state index contributed by atoms with van der Waals surface area (Å²) in [5, 5.41) is 0.556. The number of nitrogens with zero attached hydrogens (tertiary/aromatic N) is 4. The smallest absolute Gasteiger partial charge is 0.241 e. The van der Waals surface area contributed by atoms with Crippen molar-refractivity contribution >= 4 is 50.0 Å². The zero-order chi connectivity index (χ0) is 24.3. The lowest BCUT2D eigenvalue weighted by atomic mass is 9.74. The highest BCUT2D eigenvalue weighted by Crippen LogP contribution is 2.47. The van der Waals surface area contributed by atoms with E-state index in [0.717, 1.165) is 16.8 Å². The van der Waals surface area contributed by atoms with Gasteiger partial charge in [-0.3, -0.25) is 9.59 Å². The Labute approximate surface area is 203 Å². The van der Waals surface area contributed by atoms with Crippen molar-refractivity contribution in [2.75, 3.05) is 30.0 Å². The number of halogens is 1. The van der Waals surface area contributed by atoms with Crippen LogP contribution < -0.4 is 4.90 Å². The molecule has 1 fully saturated rings. The number of fused-ring (bicyclic) bond motifs is 3. The largest absolute Gasteiger partial charge is 0.340 e. The van der Waals surface area contributed by atoms with Crippen molar-refractivity contribution in [3.8, 4) is 0 Å². The number of likely N-dealkylation sites (tertiary alicyclic amines) is 1. The average Bonchev–Trinajstić information content (AvgIpc) is 3.18. The monoisotopic (exact) mass is 500 g/mol. The Hall–Kier alpha value is -2.91. The van der Waals surface area contributed by atoms with Gasteiger partial charge in [-0.05, 0) is 36.2 Å². The Morgan fingerprint density at radius 1 is 1.18 bits per heavy atom. The number of aromatic nitrogens is 2. The first kappa shape index (κ1) is 22.9. The Balaban J connectivity index is 1.51. The summed E-state index contributed by atoms with van der Waals surface area (Å²) in [6.45, 7) is 2.94. The third-order valence-corrected chi connectivity index (χ3v) is 7.98. The van der Waals surface area contributed by atoms with Crippen molar-refractivity contribution in [3.05, 3.63) is 58.9 Å². The minimum atomic E-state index is -3.10. The van der Waals surface area contributed by atoms with Crippen molar-refractivity contribution < 1.29 is 18.0 Å². The van der Waals surface area contributed by atoms with Crippen molar-refractivity contribution in [1.29, 1.82) is 0 Å². The number of benzene rings is 2. The zero-order valence-electron chi connectivity index (χ0n) is 19.0. The summed E-state index contributed by atoms with van der Waals surface area (Å²) < 4.78 is 25.3. The summed E-state index contributed by atoms with van der Waals surface area (Å²) in [7, 11) is -3.10. The highest BCUT2D eigenvalue weighted by molar-refractivity contribution is 7.90. The molecule has 0 N–H and O–H groups in total. The molecule has 5 rings (SSSR count). The average molecular weight is 501 g/mol. The number of carbonyl (C=O) groups is 2. The molecule has 2 amide bonds. The van der Waals surface area contributed by atoms with Crippen molar-refractivity contribution in [3.63, 3.8) is 0 Å². The molecule has 8 nitrogen and oxygen atoms in total. The summed E-state index contributed by atoms with van der Waals surface area (Å²) >= 11 is 6.18. The molecule has 10 heteroatoms. The number of amides is 2. The normalized spacial score (nSPS) is 16.9. The van der Waals surface area contributed by atoms with Gasteiger partial charge in [-0.2, -0.15) is 0 Å². The lowest BCUT2D eigenvalue weighted by Crippen LogP contribution is -2.64. The molecule has 0 aliphatic carbocycles. The molecule has 34 heavy (non-hydrogen) atoms. The van der Waals surface area contributed by atoms with Crippen LogP contribution in [0.25, 0.3) is 11.0 Å². The first-order chi connectivity index (χ1) is 16.1. The number of hydrogen-bond donors (Lipinski definition) is 0. The van der Waals surface area contributed by atoms with Gasteiger partial charge < -0.3 is 14.4 Å². The van der Waals surface area contributed by atoms with E-state index in [9.17, 15) is 18.0 Å². The van der Waals surface area contributed by atoms with Crippen LogP contribution in [0, 0.1) is 0 Å². The quantitative estimate of drug-likeness (QED) is 0.519. The van der Waals surface area contributed by atoms with Crippen molar-refractivity contribution in [2.24, 2.45) is 0 Å². The van der Waals surface area contributed by atoms with Gasteiger partial charge in [0.05, 0.1) is 23.3 Å². The Morgan fingerprint density at radius 2 is 1.91 bits per heavy atom. The molecule has 3 aromatic rings. The second kappa shape index (κ2) is 8.09. The van der Waals surface area contributed by atoms with E-state index in [-0.39, 0.29) is 24.1 Å². The molecule has 0 atom stereocenters. The van der Waals surface area contributed by atoms with Crippen LogP contribution in [0.15, 0.2) is 42.5 Å². The molecule has 1 saturated heterocycles. The number of sulfone groups is 1. The summed E-state index contributed by atoms with van der Waals surface area (Å²) in [4.78, 5) is 33.7. The van der Waals surface area contributed by atoms with Crippen molar-refractivity contribution in [1.82, 2.24) is 14.5 Å². The molecule has 0 saturated carbocycles. The summed E-state index contributed by atoms with van der Waals surface area (Å²) in [6.07, 6.45) is 1.66. The first-order valence-electron chi connectivity index (χ1n) is 11.1. The molecular formula is C24H25ClN4O4S. The Morgan fingerprint density at radius 3 is 2.62 bits per heavy atom. The zero-order valence-corrected chi connectivity index (χ0v) is 20.6. The van der Waals surface area contributed by atoms with Crippen LogP contribution in [-0.2, 0) is 37.9 Å². The molecule has 1 aromatic heterocycles. The molecule has 1 spiro atoms. The molecule has 2 aliphatic rings. The molecule has 178 valence electrons. The number of carbonyl (C=O) groups excluding carboxylic acids is 2. The molecule has 0 unspecified atom stereocenters. The van der Waals surface area contributed by atoms with Gasteiger partial charge in [-0.15, -0.1) is 0 Å². The van der Waals surface area contributed by atoms with E-state index in [1.165, 1.54) is 13.2 Å². The lowest BCUT2D eigenvalue weighted by molar-refractivity contribution is -0.142. The second-order valence-electron chi connectivity index (χ2n) is 9.16. The molecule has 3 heterocycles. The fourth-order valence-corrected chi connectivity index (χ4v) is 5.86. The van der Waals surface area contributed by atoms with Gasteiger partial charge in [0.2, 0.25) is 11.8 Å². The number of para-hydroxylation sites is 1. The number of rotatable bonds is 6. The van der Waals surface area contributed by atoms with Crippen LogP contribution in [0.5, 0.6) is 0 Å². The second-order valence-corrected chi connectivity index (χ2v) is 11.9. The minimum Gasteiger partial charge on any atom is -0.340 e. The van der Waals surface area contributed by atoms with E-state index in [1.807, 2.05) is 34.9 Å². The number of imidazole rings is 1. The topological polar surface area (TPSA) is 92.6 Å². The Kier molecular flexibility index (Phi) is 5.44. The van der Waals surface area contributed by atoms with Crippen LogP contribution in [0.2, 0.25) is 5.02 Å². The minimum absolute atomic E-state index is 0.0426. The van der Waals surface area contributed by atoms with E-state index in [1.54, 1.807) is 21.9 Å². The van der Waals surface area contributed by atoms with Crippen LogP contribution in [0.4, 0.5) is 5.69 Å². The van der Waals surface area contributed by atoms with E-state index in [0.29, 0.717) is 42.4 Å². The number of aryl methyl sites for hydroxylation is 1. The SMILES string of the molecule is CC(=O)N1CC2(C1)C(=O)N(Cc1nc3cc(Cl)ccc3n1CCCS(C)(=O)=O)c1ccccc12. The predicted octanol–water partition coefficient (Wildman–Crippen LogP) is 2.77. The Bertz CT molecular complexity index is 1430. The van der Waals surface area contributed by atoms with Crippen molar-refractivity contribution in [2.45, 2.75) is 31.8 Å². The third kappa shape index (κ3) is 3.76. The van der Waals surface area contributed by atoms with E-state index in [4.69, 9.17) is 16.6 Å². The van der Waals surface area contributed by atoms with Gasteiger partial charge in [0.15, 0.2) is 0 Å². The third-order valence-electron chi connectivity index (χ3n) is 6.72. The number of anilines is 1.